The first kappa shape index (κ1) is 13.9. The van der Waals surface area contributed by atoms with Gasteiger partial charge >= 0.3 is 5.97 Å². The number of aromatic nitrogens is 2. The fourth-order valence-electron chi connectivity index (χ4n) is 3.15. The van der Waals surface area contributed by atoms with E-state index in [9.17, 15) is 9.90 Å². The number of carboxylic acids is 1. The molecule has 1 aromatic carbocycles. The number of hydrogen-bond acceptors (Lipinski definition) is 2. The lowest BCUT2D eigenvalue weighted by atomic mass is 9.80. The van der Waals surface area contributed by atoms with Crippen molar-refractivity contribution in [3.8, 4) is 0 Å². The maximum Gasteiger partial charge on any atom is 0.310 e. The Labute approximate surface area is 124 Å². The number of nitrogens with zero attached hydrogens (tertiary/aromatic N) is 2. The average Bonchev–Trinajstić information content (AvgIpc) is 3.03. The van der Waals surface area contributed by atoms with Crippen LogP contribution in [0.3, 0.4) is 0 Å². The van der Waals surface area contributed by atoms with Crippen LogP contribution in [0.1, 0.15) is 36.7 Å². The van der Waals surface area contributed by atoms with Crippen molar-refractivity contribution < 1.29 is 9.90 Å². The van der Waals surface area contributed by atoms with E-state index in [4.69, 9.17) is 0 Å². The number of carbonyl (C=O) groups is 1. The molecule has 4 heteroatoms. The molecule has 0 aliphatic heterocycles. The van der Waals surface area contributed by atoms with Gasteiger partial charge in [0.15, 0.2) is 0 Å². The van der Waals surface area contributed by atoms with Gasteiger partial charge in [-0.05, 0) is 43.9 Å². The summed E-state index contributed by atoms with van der Waals surface area (Å²) in [5, 5.41) is 14.3. The Morgan fingerprint density at radius 1 is 1.29 bits per heavy atom. The van der Waals surface area contributed by atoms with Crippen LogP contribution in [0.25, 0.3) is 0 Å². The third kappa shape index (κ3) is 2.46. The minimum absolute atomic E-state index is 0.292. The van der Waals surface area contributed by atoms with E-state index in [1.54, 1.807) is 0 Å². The zero-order valence-electron chi connectivity index (χ0n) is 12.4. The molecule has 1 N–H and O–H groups in total. The van der Waals surface area contributed by atoms with E-state index >= 15 is 0 Å². The van der Waals surface area contributed by atoms with Crippen LogP contribution in [0.2, 0.25) is 0 Å². The molecule has 0 fully saturated rings. The maximum absolute atomic E-state index is 11.9. The first-order valence-electron chi connectivity index (χ1n) is 7.34. The summed E-state index contributed by atoms with van der Waals surface area (Å²) < 4.78 is 1.88. The molecule has 2 aromatic rings. The van der Waals surface area contributed by atoms with E-state index < -0.39 is 11.4 Å². The molecule has 1 aromatic heterocycles. The summed E-state index contributed by atoms with van der Waals surface area (Å²) in [6.07, 6.45) is 3.59. The van der Waals surface area contributed by atoms with Crippen LogP contribution in [0.15, 0.2) is 36.5 Å². The van der Waals surface area contributed by atoms with Gasteiger partial charge in [-0.2, -0.15) is 5.10 Å². The summed E-state index contributed by atoms with van der Waals surface area (Å²) in [7, 11) is 0. The Balaban J connectivity index is 1.88. The predicted molar refractivity (Wildman–Crippen MR) is 80.2 cm³/mol. The first-order chi connectivity index (χ1) is 10.00. The third-order valence-electron chi connectivity index (χ3n) is 4.34. The summed E-state index contributed by atoms with van der Waals surface area (Å²) in [5.74, 6) is -0.724. The van der Waals surface area contributed by atoms with Crippen molar-refractivity contribution in [2.75, 3.05) is 0 Å². The predicted octanol–water partition coefficient (Wildman–Crippen LogP) is 2.88. The van der Waals surface area contributed by atoms with E-state index in [0.717, 1.165) is 16.8 Å². The van der Waals surface area contributed by atoms with Gasteiger partial charge < -0.3 is 5.11 Å². The van der Waals surface area contributed by atoms with Crippen molar-refractivity contribution in [3.05, 3.63) is 53.3 Å². The fourth-order valence-corrected chi connectivity index (χ4v) is 3.15. The summed E-state index contributed by atoms with van der Waals surface area (Å²) in [4.78, 5) is 11.9. The molecule has 0 bridgehead atoms. The second-order valence-electron chi connectivity index (χ2n) is 6.27. The Kier molecular flexibility index (Phi) is 3.32. The lowest BCUT2D eigenvalue weighted by molar-refractivity contribution is -0.148. The van der Waals surface area contributed by atoms with Crippen molar-refractivity contribution in [2.45, 2.75) is 39.2 Å². The minimum Gasteiger partial charge on any atom is -0.481 e. The van der Waals surface area contributed by atoms with Crippen LogP contribution in [0.4, 0.5) is 0 Å². The van der Waals surface area contributed by atoms with E-state index in [1.165, 1.54) is 0 Å². The van der Waals surface area contributed by atoms with E-state index in [2.05, 4.69) is 18.9 Å². The molecule has 0 atom stereocenters. The summed E-state index contributed by atoms with van der Waals surface area (Å²) >= 11 is 0. The lowest BCUT2D eigenvalue weighted by Crippen LogP contribution is -2.34. The highest BCUT2D eigenvalue weighted by Gasteiger charge is 2.44. The van der Waals surface area contributed by atoms with E-state index in [1.807, 2.05) is 41.2 Å². The molecule has 110 valence electrons. The zero-order chi connectivity index (χ0) is 15.0. The zero-order valence-corrected chi connectivity index (χ0v) is 12.4. The molecule has 0 spiro atoms. The standard InChI is InChI=1S/C17H20N2O2/c1-12(2)19-8-7-15(18-19)11-17(16(20)21)9-13-5-3-4-6-14(13)10-17/h3-8,12H,9-11H2,1-2H3,(H,20,21). The minimum atomic E-state index is -0.750. The SMILES string of the molecule is CC(C)n1ccc(CC2(C(=O)O)Cc3ccccc3C2)n1. The molecule has 0 saturated carbocycles. The normalized spacial score (nSPS) is 16.1. The van der Waals surface area contributed by atoms with E-state index in [-0.39, 0.29) is 0 Å². The maximum atomic E-state index is 11.9. The van der Waals surface area contributed by atoms with Crippen LogP contribution in [0, 0.1) is 5.41 Å². The van der Waals surface area contributed by atoms with Gasteiger partial charge in [-0.3, -0.25) is 9.48 Å². The van der Waals surface area contributed by atoms with Crippen LogP contribution in [-0.2, 0) is 24.1 Å². The molecule has 0 radical (unpaired) electrons. The van der Waals surface area contributed by atoms with Crippen LogP contribution < -0.4 is 0 Å². The molecular weight excluding hydrogens is 264 g/mol. The monoisotopic (exact) mass is 284 g/mol. The van der Waals surface area contributed by atoms with Gasteiger partial charge in [0.2, 0.25) is 0 Å². The molecule has 0 amide bonds. The van der Waals surface area contributed by atoms with Crippen molar-refractivity contribution >= 4 is 5.97 Å². The number of rotatable bonds is 4. The van der Waals surface area contributed by atoms with Crippen molar-refractivity contribution in [1.82, 2.24) is 9.78 Å². The van der Waals surface area contributed by atoms with Gasteiger partial charge in [-0.1, -0.05) is 24.3 Å². The Morgan fingerprint density at radius 2 is 1.90 bits per heavy atom. The quantitative estimate of drug-likeness (QED) is 0.939. The molecule has 1 aliphatic carbocycles. The summed E-state index contributed by atoms with van der Waals surface area (Å²) in [5.41, 5.74) is 2.42. The lowest BCUT2D eigenvalue weighted by Gasteiger charge is -2.22. The number of aliphatic carboxylic acids is 1. The Bertz CT molecular complexity index is 648. The number of fused-ring (bicyclic) bond motifs is 1. The van der Waals surface area contributed by atoms with Gasteiger partial charge in [0, 0.05) is 18.7 Å². The van der Waals surface area contributed by atoms with Gasteiger partial charge in [0.1, 0.15) is 0 Å². The molecule has 21 heavy (non-hydrogen) atoms. The van der Waals surface area contributed by atoms with Crippen molar-refractivity contribution in [3.63, 3.8) is 0 Å². The van der Waals surface area contributed by atoms with Crippen LogP contribution >= 0.6 is 0 Å². The molecule has 1 heterocycles. The van der Waals surface area contributed by atoms with Gasteiger partial charge in [-0.25, -0.2) is 0 Å². The van der Waals surface area contributed by atoms with E-state index in [0.29, 0.717) is 25.3 Å². The number of hydrogen-bond donors (Lipinski definition) is 1. The highest BCUT2D eigenvalue weighted by molar-refractivity contribution is 5.77. The Morgan fingerprint density at radius 3 is 2.38 bits per heavy atom. The van der Waals surface area contributed by atoms with Gasteiger partial charge in [0.05, 0.1) is 11.1 Å². The summed E-state index contributed by atoms with van der Waals surface area (Å²) in [6.45, 7) is 4.13. The fraction of sp³-hybridized carbons (Fsp3) is 0.412. The molecule has 3 rings (SSSR count). The topological polar surface area (TPSA) is 55.1 Å². The highest BCUT2D eigenvalue weighted by atomic mass is 16.4. The second-order valence-corrected chi connectivity index (χ2v) is 6.27. The number of carboxylic acid groups (broad SMARTS) is 1. The average molecular weight is 284 g/mol. The highest BCUT2D eigenvalue weighted by Crippen LogP contribution is 2.39. The van der Waals surface area contributed by atoms with Gasteiger partial charge in [-0.15, -0.1) is 0 Å². The molecule has 4 nitrogen and oxygen atoms in total. The number of benzene rings is 1. The molecular formula is C17H20N2O2. The Hall–Kier alpha value is -2.10. The first-order valence-corrected chi connectivity index (χ1v) is 7.34. The second kappa shape index (κ2) is 5.02. The van der Waals surface area contributed by atoms with Crippen molar-refractivity contribution in [1.29, 1.82) is 0 Å². The summed E-state index contributed by atoms with van der Waals surface area (Å²) in [6, 6.07) is 10.3. The van der Waals surface area contributed by atoms with Crippen molar-refractivity contribution in [2.24, 2.45) is 5.41 Å². The van der Waals surface area contributed by atoms with Crippen LogP contribution in [-0.4, -0.2) is 20.9 Å². The molecule has 0 saturated heterocycles. The van der Waals surface area contributed by atoms with Crippen LogP contribution in [0.5, 0.6) is 0 Å². The smallest absolute Gasteiger partial charge is 0.310 e. The molecule has 1 aliphatic rings. The third-order valence-corrected chi connectivity index (χ3v) is 4.34. The van der Waals surface area contributed by atoms with Gasteiger partial charge in [0.25, 0.3) is 0 Å². The molecule has 0 unspecified atom stereocenters. The largest absolute Gasteiger partial charge is 0.481 e.